The molecule has 0 unspecified atom stereocenters. The Morgan fingerprint density at radius 2 is 1.67 bits per heavy atom. The predicted molar refractivity (Wildman–Crippen MR) is 90.0 cm³/mol. The lowest BCUT2D eigenvalue weighted by molar-refractivity contribution is -0.140. The molecule has 4 atom stereocenters. The molecule has 0 aromatic rings. The lowest BCUT2D eigenvalue weighted by Gasteiger charge is -2.23. The summed E-state index contributed by atoms with van der Waals surface area (Å²) in [6.45, 7) is 6.13. The Labute approximate surface area is 143 Å². The number of hydrogen-bond donors (Lipinski definition) is 1. The number of fused-ring (bicyclic) bond motifs is 5. The van der Waals surface area contributed by atoms with E-state index >= 15 is 0 Å². The molecule has 3 rings (SSSR count). The van der Waals surface area contributed by atoms with Gasteiger partial charge in [-0.25, -0.2) is 4.79 Å². The molecule has 24 heavy (non-hydrogen) atoms. The van der Waals surface area contributed by atoms with Gasteiger partial charge in [0.1, 0.15) is 0 Å². The molecule has 6 heteroatoms. The number of hydrogen-bond acceptors (Lipinski definition) is 3. The number of amides is 4. The molecule has 6 nitrogen and oxygen atoms in total. The highest BCUT2D eigenvalue weighted by molar-refractivity contribution is 6.06. The van der Waals surface area contributed by atoms with Crippen molar-refractivity contribution < 1.29 is 14.4 Å². The molecule has 3 aliphatic rings. The van der Waals surface area contributed by atoms with Crippen LogP contribution < -0.4 is 5.32 Å². The molecule has 2 aliphatic carbocycles. The second-order valence-corrected chi connectivity index (χ2v) is 7.05. The molecular formula is C18H27N3O3. The SMILES string of the molecule is CCCN(CCC)C(=O)NCCN1C(=O)[C@@H]2[C@@H](C1=O)[C@H]1C=C[C@H]2C1. The van der Waals surface area contributed by atoms with Crippen molar-refractivity contribution in [1.82, 2.24) is 15.1 Å². The number of carbonyl (C=O) groups is 3. The van der Waals surface area contributed by atoms with E-state index in [4.69, 9.17) is 0 Å². The Morgan fingerprint density at radius 3 is 2.17 bits per heavy atom. The van der Waals surface area contributed by atoms with Crippen molar-refractivity contribution in [2.75, 3.05) is 26.2 Å². The summed E-state index contributed by atoms with van der Waals surface area (Å²) in [7, 11) is 0. The first-order valence-corrected chi connectivity index (χ1v) is 9.14. The van der Waals surface area contributed by atoms with Crippen LogP contribution >= 0.6 is 0 Å². The van der Waals surface area contributed by atoms with Crippen LogP contribution in [-0.2, 0) is 9.59 Å². The average Bonchev–Trinajstić information content (AvgIpc) is 3.23. The summed E-state index contributed by atoms with van der Waals surface area (Å²) in [5.41, 5.74) is 0. The molecule has 2 bridgehead atoms. The Hall–Kier alpha value is -1.85. The summed E-state index contributed by atoms with van der Waals surface area (Å²) in [4.78, 5) is 40.4. The number of allylic oxidation sites excluding steroid dienone is 2. The third-order valence-electron chi connectivity index (χ3n) is 5.45. The zero-order valence-electron chi connectivity index (χ0n) is 14.5. The van der Waals surface area contributed by atoms with Crippen molar-refractivity contribution in [3.05, 3.63) is 12.2 Å². The van der Waals surface area contributed by atoms with Crippen LogP contribution in [0.3, 0.4) is 0 Å². The summed E-state index contributed by atoms with van der Waals surface area (Å²) in [5, 5.41) is 2.85. The molecule has 4 amide bonds. The molecule has 0 aromatic heterocycles. The quantitative estimate of drug-likeness (QED) is 0.569. The Balaban J connectivity index is 1.52. The molecule has 1 saturated carbocycles. The predicted octanol–water partition coefficient (Wildman–Crippen LogP) is 1.63. The maximum absolute atomic E-state index is 12.5. The molecule has 1 saturated heterocycles. The van der Waals surface area contributed by atoms with Gasteiger partial charge < -0.3 is 10.2 Å². The van der Waals surface area contributed by atoms with Gasteiger partial charge in [-0.15, -0.1) is 0 Å². The van der Waals surface area contributed by atoms with Gasteiger partial charge in [-0.2, -0.15) is 0 Å². The number of rotatable bonds is 7. The Morgan fingerprint density at radius 1 is 1.12 bits per heavy atom. The third kappa shape index (κ3) is 2.82. The standard InChI is InChI=1S/C18H27N3O3/c1-3-8-20(9-4-2)18(24)19-7-10-21-16(22)14-12-5-6-13(11-12)15(14)17(21)23/h5-6,12-15H,3-4,7-11H2,1-2H3,(H,19,24)/t12-,13-,14-,15-/m0/s1. The van der Waals surface area contributed by atoms with E-state index in [1.165, 1.54) is 4.90 Å². The summed E-state index contributed by atoms with van der Waals surface area (Å²) >= 11 is 0. The number of carbonyl (C=O) groups excluding carboxylic acids is 3. The van der Waals surface area contributed by atoms with Crippen LogP contribution in [0.2, 0.25) is 0 Å². The van der Waals surface area contributed by atoms with Gasteiger partial charge in [-0.3, -0.25) is 14.5 Å². The topological polar surface area (TPSA) is 69.7 Å². The van der Waals surface area contributed by atoms with E-state index < -0.39 is 0 Å². The highest BCUT2D eigenvalue weighted by atomic mass is 16.2. The summed E-state index contributed by atoms with van der Waals surface area (Å²) in [6.07, 6.45) is 6.96. The van der Waals surface area contributed by atoms with Crippen molar-refractivity contribution in [2.45, 2.75) is 33.1 Å². The molecule has 2 fully saturated rings. The first-order chi connectivity index (χ1) is 11.6. The van der Waals surface area contributed by atoms with E-state index in [-0.39, 0.29) is 48.1 Å². The molecule has 1 N–H and O–H groups in total. The summed E-state index contributed by atoms with van der Waals surface area (Å²) in [5.74, 6) is 0.0752. The van der Waals surface area contributed by atoms with Gasteiger partial charge in [-0.1, -0.05) is 26.0 Å². The Bertz CT molecular complexity index is 524. The van der Waals surface area contributed by atoms with E-state index in [1.54, 1.807) is 4.90 Å². The van der Waals surface area contributed by atoms with Crippen LogP contribution in [0.25, 0.3) is 0 Å². The van der Waals surface area contributed by atoms with Crippen molar-refractivity contribution in [2.24, 2.45) is 23.7 Å². The molecule has 1 heterocycles. The average molecular weight is 333 g/mol. The monoisotopic (exact) mass is 333 g/mol. The fourth-order valence-electron chi connectivity index (χ4n) is 4.43. The van der Waals surface area contributed by atoms with Crippen molar-refractivity contribution in [3.8, 4) is 0 Å². The van der Waals surface area contributed by atoms with E-state index in [9.17, 15) is 14.4 Å². The van der Waals surface area contributed by atoms with Gasteiger partial charge in [-0.05, 0) is 31.1 Å². The summed E-state index contributed by atoms with van der Waals surface area (Å²) < 4.78 is 0. The second kappa shape index (κ2) is 6.95. The molecule has 132 valence electrons. The van der Waals surface area contributed by atoms with Gasteiger partial charge in [0.15, 0.2) is 0 Å². The van der Waals surface area contributed by atoms with Gasteiger partial charge in [0.05, 0.1) is 11.8 Å². The maximum atomic E-state index is 12.5. The number of nitrogens with one attached hydrogen (secondary N) is 1. The molecule has 1 aliphatic heterocycles. The van der Waals surface area contributed by atoms with Gasteiger partial charge in [0, 0.05) is 26.2 Å². The maximum Gasteiger partial charge on any atom is 0.317 e. The van der Waals surface area contributed by atoms with Crippen LogP contribution in [-0.4, -0.2) is 53.8 Å². The van der Waals surface area contributed by atoms with Gasteiger partial charge in [0.2, 0.25) is 11.8 Å². The minimum atomic E-state index is -0.153. The van der Waals surface area contributed by atoms with Crippen LogP contribution in [0.15, 0.2) is 12.2 Å². The number of imide groups is 1. The fraction of sp³-hybridized carbons (Fsp3) is 0.722. The normalized spacial score (nSPS) is 30.2. The second-order valence-electron chi connectivity index (χ2n) is 7.05. The zero-order chi connectivity index (χ0) is 17.3. The van der Waals surface area contributed by atoms with E-state index in [2.05, 4.69) is 17.5 Å². The zero-order valence-corrected chi connectivity index (χ0v) is 14.5. The van der Waals surface area contributed by atoms with Gasteiger partial charge in [0.25, 0.3) is 0 Å². The van der Waals surface area contributed by atoms with Crippen LogP contribution in [0, 0.1) is 23.7 Å². The summed E-state index contributed by atoms with van der Waals surface area (Å²) in [6, 6.07) is -0.111. The number of likely N-dealkylation sites (tertiary alicyclic amines) is 1. The number of urea groups is 1. The minimum absolute atomic E-state index is 0.0462. The van der Waals surface area contributed by atoms with Crippen LogP contribution in [0.1, 0.15) is 33.1 Å². The third-order valence-corrected chi connectivity index (χ3v) is 5.45. The van der Waals surface area contributed by atoms with E-state index in [0.717, 1.165) is 32.4 Å². The highest BCUT2D eigenvalue weighted by Crippen LogP contribution is 2.52. The van der Waals surface area contributed by atoms with Crippen LogP contribution in [0.4, 0.5) is 4.79 Å². The first-order valence-electron chi connectivity index (χ1n) is 9.14. The van der Waals surface area contributed by atoms with E-state index in [1.807, 2.05) is 13.8 Å². The van der Waals surface area contributed by atoms with Gasteiger partial charge >= 0.3 is 6.03 Å². The van der Waals surface area contributed by atoms with Crippen molar-refractivity contribution in [1.29, 1.82) is 0 Å². The molecule has 0 spiro atoms. The smallest absolute Gasteiger partial charge is 0.317 e. The first kappa shape index (κ1) is 17.0. The van der Waals surface area contributed by atoms with Crippen molar-refractivity contribution in [3.63, 3.8) is 0 Å². The van der Waals surface area contributed by atoms with E-state index in [0.29, 0.717) is 6.54 Å². The largest absolute Gasteiger partial charge is 0.336 e. The minimum Gasteiger partial charge on any atom is -0.336 e. The lowest BCUT2D eigenvalue weighted by atomic mass is 9.85. The Kier molecular flexibility index (Phi) is 4.92. The lowest BCUT2D eigenvalue weighted by Crippen LogP contribution is -2.45. The molecule has 0 aromatic carbocycles. The molecule has 0 radical (unpaired) electrons. The number of nitrogens with zero attached hydrogens (tertiary/aromatic N) is 2. The van der Waals surface area contributed by atoms with Crippen LogP contribution in [0.5, 0.6) is 0 Å². The fourth-order valence-corrected chi connectivity index (χ4v) is 4.43. The highest BCUT2D eigenvalue weighted by Gasteiger charge is 2.58. The van der Waals surface area contributed by atoms with Crippen molar-refractivity contribution >= 4 is 17.8 Å². The molecular weight excluding hydrogens is 306 g/mol.